The molecule has 19 heavy (non-hydrogen) atoms. The van der Waals surface area contributed by atoms with Gasteiger partial charge < -0.3 is 5.73 Å². The highest BCUT2D eigenvalue weighted by atomic mass is 79.9. The second-order valence-electron chi connectivity index (χ2n) is 3.91. The molecule has 7 nitrogen and oxygen atoms in total. The molecule has 0 aliphatic carbocycles. The summed E-state index contributed by atoms with van der Waals surface area (Å²) in [6.07, 6.45) is 0. The van der Waals surface area contributed by atoms with E-state index in [4.69, 9.17) is 5.73 Å². The number of aromatic nitrogens is 3. The van der Waals surface area contributed by atoms with E-state index in [0.717, 1.165) is 4.31 Å². The summed E-state index contributed by atoms with van der Waals surface area (Å²) in [6, 6.07) is 6.51. The summed E-state index contributed by atoms with van der Waals surface area (Å²) >= 11 is 3.19. The molecule has 0 amide bonds. The molecule has 0 aliphatic rings. The predicted molar refractivity (Wildman–Crippen MR) is 74.3 cm³/mol. The number of sulfonamides is 1. The molecule has 102 valence electrons. The number of halogens is 1. The van der Waals surface area contributed by atoms with Crippen molar-refractivity contribution in [3.63, 3.8) is 0 Å². The zero-order valence-corrected chi connectivity index (χ0v) is 12.7. The molecule has 0 spiro atoms. The van der Waals surface area contributed by atoms with Crippen molar-refractivity contribution in [2.45, 2.75) is 4.90 Å². The van der Waals surface area contributed by atoms with Crippen molar-refractivity contribution in [3.8, 4) is 5.69 Å². The smallest absolute Gasteiger partial charge is 0.244 e. The lowest BCUT2D eigenvalue weighted by Gasteiger charge is -2.14. The van der Waals surface area contributed by atoms with Crippen LogP contribution in [0.3, 0.4) is 0 Å². The number of nitrogens with two attached hydrogens (primary N) is 1. The van der Waals surface area contributed by atoms with Gasteiger partial charge in [0.1, 0.15) is 4.90 Å². The van der Waals surface area contributed by atoms with Gasteiger partial charge in [0.2, 0.25) is 20.7 Å². The van der Waals surface area contributed by atoms with Crippen molar-refractivity contribution in [2.24, 2.45) is 0 Å². The molecule has 0 unspecified atom stereocenters. The third-order valence-corrected chi connectivity index (χ3v) is 4.81. The minimum atomic E-state index is -3.58. The van der Waals surface area contributed by atoms with E-state index in [1.165, 1.54) is 24.8 Å². The molecule has 0 atom stereocenters. The Kier molecular flexibility index (Phi) is 3.61. The van der Waals surface area contributed by atoms with E-state index in [1.54, 1.807) is 18.2 Å². The van der Waals surface area contributed by atoms with E-state index in [0.29, 0.717) is 10.4 Å². The fraction of sp³-hybridized carbons (Fsp3) is 0.200. The molecule has 1 heterocycles. The number of para-hydroxylation sites is 1. The van der Waals surface area contributed by atoms with Crippen LogP contribution < -0.4 is 5.73 Å². The maximum atomic E-state index is 12.3. The topological polar surface area (TPSA) is 94.1 Å². The molecule has 0 aliphatic heterocycles. The number of benzene rings is 1. The average Bonchev–Trinajstić information content (AvgIpc) is 2.68. The summed E-state index contributed by atoms with van der Waals surface area (Å²) in [4.78, 5) is 4.02. The lowest BCUT2D eigenvalue weighted by molar-refractivity contribution is 0.520. The molecule has 1 aromatic heterocycles. The Labute approximate surface area is 119 Å². The van der Waals surface area contributed by atoms with Crippen molar-refractivity contribution in [3.05, 3.63) is 29.0 Å². The van der Waals surface area contributed by atoms with Gasteiger partial charge in [0.05, 0.1) is 5.69 Å². The molecule has 2 N–H and O–H groups in total. The average molecular weight is 346 g/mol. The molecule has 9 heteroatoms. The van der Waals surface area contributed by atoms with Crippen LogP contribution in [-0.2, 0) is 10.0 Å². The normalized spacial score (nSPS) is 12.0. The SMILES string of the molecule is CN(C)S(=O)(=O)c1ccccc1-n1nc(N)nc1Br. The van der Waals surface area contributed by atoms with Gasteiger partial charge in [0, 0.05) is 14.1 Å². The van der Waals surface area contributed by atoms with Crippen LogP contribution in [-0.4, -0.2) is 41.6 Å². The first-order chi connectivity index (χ1) is 8.84. The molecule has 0 radical (unpaired) electrons. The van der Waals surface area contributed by atoms with E-state index in [-0.39, 0.29) is 10.8 Å². The molecule has 2 aromatic rings. The zero-order valence-electron chi connectivity index (χ0n) is 10.3. The van der Waals surface area contributed by atoms with Crippen molar-refractivity contribution in [1.82, 2.24) is 19.1 Å². The van der Waals surface area contributed by atoms with Gasteiger partial charge in [0.15, 0.2) is 0 Å². The van der Waals surface area contributed by atoms with Crippen LogP contribution >= 0.6 is 15.9 Å². The number of hydrogen-bond acceptors (Lipinski definition) is 5. The van der Waals surface area contributed by atoms with Gasteiger partial charge in [-0.2, -0.15) is 4.98 Å². The van der Waals surface area contributed by atoms with Gasteiger partial charge in [0.25, 0.3) is 0 Å². The van der Waals surface area contributed by atoms with Crippen LogP contribution in [0.2, 0.25) is 0 Å². The van der Waals surface area contributed by atoms with Crippen molar-refractivity contribution in [2.75, 3.05) is 19.8 Å². The molecule has 2 rings (SSSR count). The van der Waals surface area contributed by atoms with Crippen LogP contribution in [0.5, 0.6) is 0 Å². The van der Waals surface area contributed by atoms with E-state index < -0.39 is 10.0 Å². The Morgan fingerprint density at radius 3 is 2.47 bits per heavy atom. The Morgan fingerprint density at radius 2 is 1.95 bits per heavy atom. The van der Waals surface area contributed by atoms with Gasteiger partial charge >= 0.3 is 0 Å². The molecule has 0 saturated heterocycles. The summed E-state index contributed by atoms with van der Waals surface area (Å²) in [5.41, 5.74) is 5.88. The number of nitrogens with zero attached hydrogens (tertiary/aromatic N) is 4. The van der Waals surface area contributed by atoms with Gasteiger partial charge in [-0.15, -0.1) is 5.10 Å². The van der Waals surface area contributed by atoms with Crippen LogP contribution in [0.1, 0.15) is 0 Å². The summed E-state index contributed by atoms with van der Waals surface area (Å²) in [6.45, 7) is 0. The third kappa shape index (κ3) is 2.48. The highest BCUT2D eigenvalue weighted by Gasteiger charge is 2.23. The van der Waals surface area contributed by atoms with E-state index in [2.05, 4.69) is 26.0 Å². The Morgan fingerprint density at radius 1 is 1.32 bits per heavy atom. The Bertz CT molecular complexity index is 710. The minimum Gasteiger partial charge on any atom is -0.366 e. The van der Waals surface area contributed by atoms with E-state index >= 15 is 0 Å². The van der Waals surface area contributed by atoms with Crippen LogP contribution in [0.4, 0.5) is 5.95 Å². The Balaban J connectivity index is 2.70. The van der Waals surface area contributed by atoms with Gasteiger partial charge in [-0.05, 0) is 28.1 Å². The number of rotatable bonds is 3. The lowest BCUT2D eigenvalue weighted by Crippen LogP contribution is -2.23. The number of anilines is 1. The van der Waals surface area contributed by atoms with Crippen LogP contribution in [0.15, 0.2) is 33.9 Å². The first-order valence-electron chi connectivity index (χ1n) is 5.24. The lowest BCUT2D eigenvalue weighted by atomic mass is 10.3. The first-order valence-corrected chi connectivity index (χ1v) is 7.47. The molecule has 1 aromatic carbocycles. The minimum absolute atomic E-state index is 0.0592. The largest absolute Gasteiger partial charge is 0.366 e. The molecular weight excluding hydrogens is 334 g/mol. The summed E-state index contributed by atoms with van der Waals surface area (Å²) in [5.74, 6) is 0.0592. The maximum absolute atomic E-state index is 12.3. The number of nitrogen functional groups attached to an aromatic ring is 1. The quantitative estimate of drug-likeness (QED) is 0.890. The first kappa shape index (κ1) is 14.0. The maximum Gasteiger partial charge on any atom is 0.244 e. The molecule has 0 bridgehead atoms. The standard InChI is InChI=1S/C10H12BrN5O2S/c1-15(2)19(17,18)8-6-4-3-5-7(8)16-9(11)13-10(12)14-16/h3-6H,1-2H3,(H2,12,14). The monoisotopic (exact) mass is 345 g/mol. The number of hydrogen-bond donors (Lipinski definition) is 1. The van der Waals surface area contributed by atoms with Crippen molar-refractivity contribution >= 4 is 31.9 Å². The Hall–Kier alpha value is -1.45. The van der Waals surface area contributed by atoms with Gasteiger partial charge in [-0.1, -0.05) is 12.1 Å². The summed E-state index contributed by atoms with van der Waals surface area (Å²) in [5, 5.41) is 3.97. The van der Waals surface area contributed by atoms with E-state index in [1.807, 2.05) is 0 Å². The fourth-order valence-electron chi connectivity index (χ4n) is 1.51. The van der Waals surface area contributed by atoms with Crippen LogP contribution in [0.25, 0.3) is 5.69 Å². The zero-order chi connectivity index (χ0) is 14.2. The second-order valence-corrected chi connectivity index (χ2v) is 6.74. The third-order valence-electron chi connectivity index (χ3n) is 2.44. The summed E-state index contributed by atoms with van der Waals surface area (Å²) < 4.78 is 27.3. The van der Waals surface area contributed by atoms with Gasteiger partial charge in [-0.3, -0.25) is 0 Å². The van der Waals surface area contributed by atoms with E-state index in [9.17, 15) is 8.42 Å². The second kappa shape index (κ2) is 4.91. The van der Waals surface area contributed by atoms with Crippen LogP contribution in [0, 0.1) is 0 Å². The predicted octanol–water partition coefficient (Wildman–Crippen LogP) is 0.862. The molecule has 0 fully saturated rings. The van der Waals surface area contributed by atoms with Crippen molar-refractivity contribution in [1.29, 1.82) is 0 Å². The highest BCUT2D eigenvalue weighted by Crippen LogP contribution is 2.24. The fourth-order valence-corrected chi connectivity index (χ4v) is 3.02. The summed E-state index contributed by atoms with van der Waals surface area (Å²) in [7, 11) is -0.642. The molecule has 0 saturated carbocycles. The van der Waals surface area contributed by atoms with Crippen molar-refractivity contribution < 1.29 is 8.42 Å². The highest BCUT2D eigenvalue weighted by molar-refractivity contribution is 9.10. The molecular formula is C10H12BrN5O2S. The van der Waals surface area contributed by atoms with Gasteiger partial charge in [-0.25, -0.2) is 17.4 Å².